The summed E-state index contributed by atoms with van der Waals surface area (Å²) in [6.07, 6.45) is 0.951. The number of methoxy groups -OCH3 is 2. The van der Waals surface area contributed by atoms with E-state index in [1.165, 1.54) is 0 Å². The van der Waals surface area contributed by atoms with Crippen molar-refractivity contribution in [1.82, 2.24) is 4.90 Å². The summed E-state index contributed by atoms with van der Waals surface area (Å²) in [5.41, 5.74) is 1.44. The molecule has 0 aromatic heterocycles. The number of anilines is 1. The lowest BCUT2D eigenvalue weighted by Gasteiger charge is -2.30. The number of nitrogens with zero attached hydrogens (tertiary/aromatic N) is 1. The largest absolute Gasteiger partial charge is 0.496 e. The fourth-order valence-electron chi connectivity index (χ4n) is 2.69. The lowest BCUT2D eigenvalue weighted by molar-refractivity contribution is -0.143. The Morgan fingerprint density at radius 3 is 2.13 bits per heavy atom. The number of piperidine rings is 1. The van der Waals surface area contributed by atoms with Crippen LogP contribution in [0.1, 0.15) is 18.4 Å². The summed E-state index contributed by atoms with van der Waals surface area (Å²) in [4.78, 5) is 24.9. The van der Waals surface area contributed by atoms with Crippen LogP contribution >= 0.6 is 0 Å². The molecule has 0 saturated carbocycles. The minimum atomic E-state index is -0.793. The number of carboxylic acids is 1. The zero-order chi connectivity index (χ0) is 17.0. The third-order valence-electron chi connectivity index (χ3n) is 4.13. The van der Waals surface area contributed by atoms with Crippen LogP contribution < -0.4 is 14.8 Å². The number of amides is 2. The van der Waals surface area contributed by atoms with E-state index in [9.17, 15) is 9.59 Å². The van der Waals surface area contributed by atoms with Gasteiger partial charge in [-0.05, 0) is 19.8 Å². The number of benzene rings is 1. The van der Waals surface area contributed by atoms with Gasteiger partial charge in [0.15, 0.2) is 0 Å². The third kappa shape index (κ3) is 3.85. The molecule has 0 aliphatic carbocycles. The highest BCUT2D eigenvalue weighted by molar-refractivity contribution is 5.90. The van der Waals surface area contributed by atoms with Gasteiger partial charge >= 0.3 is 12.0 Å². The lowest BCUT2D eigenvalue weighted by Crippen LogP contribution is -2.42. The number of urea groups is 1. The number of hydrogen-bond donors (Lipinski definition) is 2. The van der Waals surface area contributed by atoms with Gasteiger partial charge in [-0.25, -0.2) is 4.79 Å². The van der Waals surface area contributed by atoms with Crippen molar-refractivity contribution in [2.75, 3.05) is 32.6 Å². The molecule has 1 aromatic carbocycles. The van der Waals surface area contributed by atoms with Crippen LogP contribution in [0.4, 0.5) is 10.5 Å². The first-order chi connectivity index (χ1) is 11.0. The Balaban J connectivity index is 2.05. The number of nitrogens with one attached hydrogen (secondary N) is 1. The van der Waals surface area contributed by atoms with E-state index in [-0.39, 0.29) is 11.9 Å². The van der Waals surface area contributed by atoms with E-state index in [1.807, 2.05) is 6.92 Å². The van der Waals surface area contributed by atoms with Crippen molar-refractivity contribution in [1.29, 1.82) is 0 Å². The normalized spacial score (nSPS) is 15.2. The standard InChI is InChI=1S/C16H22N2O5/c1-10-13(22-2)8-12(9-14(10)23-3)17-16(21)18-6-4-11(5-7-18)15(19)20/h8-9,11H,4-7H2,1-3H3,(H,17,21)(H,19,20). The van der Waals surface area contributed by atoms with Gasteiger partial charge in [-0.15, -0.1) is 0 Å². The van der Waals surface area contributed by atoms with Crippen LogP contribution in [0.2, 0.25) is 0 Å². The number of carbonyl (C=O) groups is 2. The van der Waals surface area contributed by atoms with Crippen molar-refractivity contribution in [2.24, 2.45) is 5.92 Å². The molecule has 0 unspecified atom stereocenters. The van der Waals surface area contributed by atoms with Crippen LogP contribution in [0.25, 0.3) is 0 Å². The monoisotopic (exact) mass is 322 g/mol. The molecule has 1 fully saturated rings. The van der Waals surface area contributed by atoms with E-state index in [0.29, 0.717) is 43.1 Å². The first kappa shape index (κ1) is 16.9. The van der Waals surface area contributed by atoms with Crippen molar-refractivity contribution in [2.45, 2.75) is 19.8 Å². The van der Waals surface area contributed by atoms with Crippen LogP contribution in [-0.2, 0) is 4.79 Å². The molecular weight excluding hydrogens is 300 g/mol. The van der Waals surface area contributed by atoms with Crippen LogP contribution in [-0.4, -0.2) is 49.3 Å². The van der Waals surface area contributed by atoms with Crippen molar-refractivity contribution in [3.8, 4) is 11.5 Å². The molecular formula is C16H22N2O5. The second-order valence-electron chi connectivity index (χ2n) is 5.54. The van der Waals surface area contributed by atoms with Crippen molar-refractivity contribution >= 4 is 17.7 Å². The number of carbonyl (C=O) groups excluding carboxylic acids is 1. The molecule has 1 saturated heterocycles. The third-order valence-corrected chi connectivity index (χ3v) is 4.13. The zero-order valence-corrected chi connectivity index (χ0v) is 13.6. The van der Waals surface area contributed by atoms with Crippen molar-refractivity contribution in [3.05, 3.63) is 17.7 Å². The molecule has 2 N–H and O–H groups in total. The molecule has 23 heavy (non-hydrogen) atoms. The number of aliphatic carboxylic acids is 1. The number of ether oxygens (including phenoxy) is 2. The molecule has 7 nitrogen and oxygen atoms in total. The predicted molar refractivity (Wildman–Crippen MR) is 85.2 cm³/mol. The molecule has 2 amide bonds. The summed E-state index contributed by atoms with van der Waals surface area (Å²) in [6.45, 7) is 2.74. The summed E-state index contributed by atoms with van der Waals surface area (Å²) >= 11 is 0. The molecule has 1 heterocycles. The van der Waals surface area contributed by atoms with E-state index >= 15 is 0 Å². The first-order valence-electron chi connectivity index (χ1n) is 7.47. The topological polar surface area (TPSA) is 88.1 Å². The first-order valence-corrected chi connectivity index (χ1v) is 7.47. The Labute approximate surface area is 135 Å². The van der Waals surface area contributed by atoms with Gasteiger partial charge in [0.2, 0.25) is 0 Å². The molecule has 0 spiro atoms. The maximum Gasteiger partial charge on any atom is 0.321 e. The second-order valence-corrected chi connectivity index (χ2v) is 5.54. The van der Waals surface area contributed by atoms with E-state index in [1.54, 1.807) is 31.3 Å². The Morgan fingerprint density at radius 2 is 1.70 bits per heavy atom. The Hall–Kier alpha value is -2.44. The molecule has 0 radical (unpaired) electrons. The Bertz CT molecular complexity index is 569. The average Bonchev–Trinajstić information content (AvgIpc) is 2.56. The van der Waals surface area contributed by atoms with Gasteiger partial charge in [0, 0.05) is 36.5 Å². The van der Waals surface area contributed by atoms with Crippen molar-refractivity contribution in [3.63, 3.8) is 0 Å². The summed E-state index contributed by atoms with van der Waals surface area (Å²) < 4.78 is 10.6. The minimum Gasteiger partial charge on any atom is -0.496 e. The Morgan fingerprint density at radius 1 is 1.17 bits per heavy atom. The molecule has 0 atom stereocenters. The maximum absolute atomic E-state index is 12.3. The Kier molecular flexibility index (Phi) is 5.31. The number of carboxylic acid groups (broad SMARTS) is 1. The molecule has 0 bridgehead atoms. The lowest BCUT2D eigenvalue weighted by atomic mass is 9.97. The van der Waals surface area contributed by atoms with Gasteiger partial charge in [-0.3, -0.25) is 4.79 Å². The highest BCUT2D eigenvalue weighted by Gasteiger charge is 2.27. The summed E-state index contributed by atoms with van der Waals surface area (Å²) in [6, 6.07) is 3.22. The average molecular weight is 322 g/mol. The number of likely N-dealkylation sites (tertiary alicyclic amines) is 1. The quantitative estimate of drug-likeness (QED) is 0.888. The molecule has 7 heteroatoms. The number of hydrogen-bond acceptors (Lipinski definition) is 4. The van der Waals surface area contributed by atoms with Crippen LogP contribution in [0.3, 0.4) is 0 Å². The smallest absolute Gasteiger partial charge is 0.321 e. The number of rotatable bonds is 4. The fourth-order valence-corrected chi connectivity index (χ4v) is 2.69. The van der Waals surface area contributed by atoms with Gasteiger partial charge in [-0.2, -0.15) is 0 Å². The van der Waals surface area contributed by atoms with Gasteiger partial charge < -0.3 is 24.8 Å². The van der Waals surface area contributed by atoms with E-state index in [2.05, 4.69) is 5.32 Å². The molecule has 1 aromatic rings. The van der Waals surface area contributed by atoms with Gasteiger partial charge in [0.05, 0.1) is 20.1 Å². The highest BCUT2D eigenvalue weighted by Crippen LogP contribution is 2.32. The maximum atomic E-state index is 12.3. The zero-order valence-electron chi connectivity index (χ0n) is 13.6. The van der Waals surface area contributed by atoms with Crippen LogP contribution in [0.5, 0.6) is 11.5 Å². The predicted octanol–water partition coefficient (Wildman–Crippen LogP) is 2.34. The van der Waals surface area contributed by atoms with Gasteiger partial charge in [0.25, 0.3) is 0 Å². The minimum absolute atomic E-state index is 0.248. The van der Waals surface area contributed by atoms with Gasteiger partial charge in [-0.1, -0.05) is 0 Å². The second kappa shape index (κ2) is 7.21. The van der Waals surface area contributed by atoms with E-state index in [0.717, 1.165) is 5.56 Å². The van der Waals surface area contributed by atoms with Gasteiger partial charge in [0.1, 0.15) is 11.5 Å². The molecule has 1 aliphatic rings. The highest BCUT2D eigenvalue weighted by atomic mass is 16.5. The van der Waals surface area contributed by atoms with Crippen LogP contribution in [0.15, 0.2) is 12.1 Å². The summed E-state index contributed by atoms with van der Waals surface area (Å²) in [5, 5.41) is 11.8. The van der Waals surface area contributed by atoms with Crippen molar-refractivity contribution < 1.29 is 24.2 Å². The van der Waals surface area contributed by atoms with E-state index < -0.39 is 5.97 Å². The summed E-state index contributed by atoms with van der Waals surface area (Å²) in [7, 11) is 3.12. The molecule has 126 valence electrons. The molecule has 1 aliphatic heterocycles. The SMILES string of the molecule is COc1cc(NC(=O)N2CCC(C(=O)O)CC2)cc(OC)c1C. The molecule has 2 rings (SSSR count). The fraction of sp³-hybridized carbons (Fsp3) is 0.500. The van der Waals surface area contributed by atoms with Crippen LogP contribution in [0, 0.1) is 12.8 Å². The van der Waals surface area contributed by atoms with E-state index in [4.69, 9.17) is 14.6 Å². The summed E-state index contributed by atoms with van der Waals surface area (Å²) in [5.74, 6) is 0.102.